The molecule has 0 aromatic heterocycles. The maximum atomic E-state index is 12.8. The highest BCUT2D eigenvalue weighted by molar-refractivity contribution is 5.94. The summed E-state index contributed by atoms with van der Waals surface area (Å²) >= 11 is 0. The largest absolute Gasteiger partial charge is 0.480 e. The van der Waals surface area contributed by atoms with Gasteiger partial charge >= 0.3 is 12.1 Å². The minimum absolute atomic E-state index is 0.00967. The average Bonchev–Trinajstić information content (AvgIpc) is 2.78. The second-order valence-corrected chi connectivity index (χ2v) is 5.77. The Labute approximate surface area is 137 Å². The molecule has 1 fully saturated rings. The lowest BCUT2D eigenvalue weighted by molar-refractivity contribution is -0.142. The van der Waals surface area contributed by atoms with E-state index in [9.17, 15) is 22.8 Å². The highest BCUT2D eigenvalue weighted by Gasteiger charge is 2.32. The van der Waals surface area contributed by atoms with Crippen LogP contribution in [0.25, 0.3) is 0 Å². The highest BCUT2D eigenvalue weighted by atomic mass is 19.4. The van der Waals surface area contributed by atoms with Gasteiger partial charge in [-0.2, -0.15) is 13.2 Å². The molecule has 0 bridgehead atoms. The van der Waals surface area contributed by atoms with Crippen LogP contribution in [0.3, 0.4) is 0 Å². The Bertz CT molecular complexity index is 619. The smallest absolute Gasteiger partial charge is 0.416 e. The minimum Gasteiger partial charge on any atom is -0.480 e. The van der Waals surface area contributed by atoms with Crippen molar-refractivity contribution in [3.05, 3.63) is 35.4 Å². The van der Waals surface area contributed by atoms with Crippen molar-refractivity contribution in [2.45, 2.75) is 25.6 Å². The van der Waals surface area contributed by atoms with Crippen LogP contribution in [-0.2, 0) is 11.0 Å². The molecule has 2 rings (SSSR count). The van der Waals surface area contributed by atoms with Crippen LogP contribution >= 0.6 is 0 Å². The van der Waals surface area contributed by atoms with E-state index < -0.39 is 29.7 Å². The number of carboxylic acids is 1. The van der Waals surface area contributed by atoms with Crippen molar-refractivity contribution in [3.63, 3.8) is 0 Å². The van der Waals surface area contributed by atoms with Gasteiger partial charge in [0, 0.05) is 31.7 Å². The quantitative estimate of drug-likeness (QED) is 0.914. The van der Waals surface area contributed by atoms with E-state index in [1.165, 1.54) is 17.0 Å². The van der Waals surface area contributed by atoms with Gasteiger partial charge in [0.2, 0.25) is 0 Å². The summed E-state index contributed by atoms with van der Waals surface area (Å²) in [7, 11) is 0. The molecule has 0 radical (unpaired) electrons. The van der Waals surface area contributed by atoms with E-state index in [1.54, 1.807) is 11.8 Å². The van der Waals surface area contributed by atoms with E-state index in [0.717, 1.165) is 12.1 Å². The summed E-state index contributed by atoms with van der Waals surface area (Å²) < 4.78 is 38.3. The lowest BCUT2D eigenvalue weighted by atomic mass is 10.1. The first-order valence-electron chi connectivity index (χ1n) is 7.63. The number of carbonyl (C=O) groups excluding carboxylic acids is 1. The van der Waals surface area contributed by atoms with Crippen molar-refractivity contribution in [1.82, 2.24) is 9.80 Å². The molecule has 8 heteroatoms. The molecule has 0 aliphatic carbocycles. The zero-order valence-corrected chi connectivity index (χ0v) is 13.2. The number of hydrogen-bond acceptors (Lipinski definition) is 3. The number of aliphatic carboxylic acids is 1. The normalized spacial score (nSPS) is 18.1. The summed E-state index contributed by atoms with van der Waals surface area (Å²) in [4.78, 5) is 26.7. The summed E-state index contributed by atoms with van der Waals surface area (Å²) in [6.07, 6.45) is -3.93. The second-order valence-electron chi connectivity index (χ2n) is 5.77. The van der Waals surface area contributed by atoms with Crippen LogP contribution in [0.5, 0.6) is 0 Å². The number of nitrogens with zero attached hydrogens (tertiary/aromatic N) is 2. The van der Waals surface area contributed by atoms with Crippen molar-refractivity contribution in [2.24, 2.45) is 0 Å². The fourth-order valence-electron chi connectivity index (χ4n) is 2.70. The molecule has 0 spiro atoms. The summed E-state index contributed by atoms with van der Waals surface area (Å²) in [5, 5.41) is 9.06. The van der Waals surface area contributed by atoms with Crippen LogP contribution in [0.1, 0.15) is 29.3 Å². The van der Waals surface area contributed by atoms with Gasteiger partial charge in [0.15, 0.2) is 0 Å². The number of benzene rings is 1. The first-order valence-corrected chi connectivity index (χ1v) is 7.63. The van der Waals surface area contributed by atoms with Gasteiger partial charge in [0.05, 0.1) is 5.56 Å². The van der Waals surface area contributed by atoms with E-state index in [1.807, 2.05) is 0 Å². The topological polar surface area (TPSA) is 60.9 Å². The van der Waals surface area contributed by atoms with E-state index in [-0.39, 0.29) is 12.1 Å². The van der Waals surface area contributed by atoms with Gasteiger partial charge in [-0.15, -0.1) is 0 Å². The van der Waals surface area contributed by atoms with Gasteiger partial charge in [-0.1, -0.05) is 6.07 Å². The predicted molar refractivity (Wildman–Crippen MR) is 80.6 cm³/mol. The number of hydrogen-bond donors (Lipinski definition) is 1. The van der Waals surface area contributed by atoms with Gasteiger partial charge in [-0.3, -0.25) is 14.5 Å². The molecule has 1 N–H and O–H groups in total. The Morgan fingerprint density at radius 3 is 2.50 bits per heavy atom. The molecular formula is C16H19F3N2O3. The molecule has 1 aromatic rings. The van der Waals surface area contributed by atoms with Crippen molar-refractivity contribution >= 4 is 11.9 Å². The second kappa shape index (κ2) is 7.21. The summed E-state index contributed by atoms with van der Waals surface area (Å²) in [5.74, 6) is -1.40. The minimum atomic E-state index is -4.50. The molecule has 5 nitrogen and oxygen atoms in total. The monoisotopic (exact) mass is 344 g/mol. The van der Waals surface area contributed by atoms with Crippen LogP contribution < -0.4 is 0 Å². The van der Waals surface area contributed by atoms with Crippen molar-refractivity contribution in [2.75, 3.05) is 26.2 Å². The van der Waals surface area contributed by atoms with Gasteiger partial charge in [0.25, 0.3) is 5.91 Å². The average molecular weight is 344 g/mol. The highest BCUT2D eigenvalue weighted by Crippen LogP contribution is 2.29. The van der Waals surface area contributed by atoms with E-state index >= 15 is 0 Å². The molecule has 1 atom stereocenters. The van der Waals surface area contributed by atoms with Crippen molar-refractivity contribution < 1.29 is 27.9 Å². The number of amides is 1. The van der Waals surface area contributed by atoms with Crippen LogP contribution in [-0.4, -0.2) is 59.0 Å². The first-order chi connectivity index (χ1) is 11.2. The van der Waals surface area contributed by atoms with Gasteiger partial charge in [-0.05, 0) is 31.5 Å². The fraction of sp³-hybridized carbons (Fsp3) is 0.500. The third kappa shape index (κ3) is 4.25. The summed E-state index contributed by atoms with van der Waals surface area (Å²) in [6.45, 7) is 3.15. The summed E-state index contributed by atoms with van der Waals surface area (Å²) in [6, 6.07) is 3.70. The fourth-order valence-corrected chi connectivity index (χ4v) is 2.70. The van der Waals surface area contributed by atoms with Crippen molar-refractivity contribution in [3.8, 4) is 0 Å². The van der Waals surface area contributed by atoms with Crippen LogP contribution in [0.4, 0.5) is 13.2 Å². The molecule has 0 saturated carbocycles. The lowest BCUT2D eigenvalue weighted by Crippen LogP contribution is -2.42. The van der Waals surface area contributed by atoms with Crippen molar-refractivity contribution in [1.29, 1.82) is 0 Å². The number of carboxylic acid groups (broad SMARTS) is 1. The van der Waals surface area contributed by atoms with Gasteiger partial charge < -0.3 is 10.0 Å². The lowest BCUT2D eigenvalue weighted by Gasteiger charge is -2.25. The van der Waals surface area contributed by atoms with Crippen LogP contribution in [0.15, 0.2) is 24.3 Å². The third-order valence-electron chi connectivity index (χ3n) is 4.16. The molecule has 1 unspecified atom stereocenters. The Morgan fingerprint density at radius 2 is 1.88 bits per heavy atom. The third-order valence-corrected chi connectivity index (χ3v) is 4.16. The Morgan fingerprint density at radius 1 is 1.17 bits per heavy atom. The number of rotatable bonds is 3. The standard InChI is InChI=1S/C16H19F3N2O3/c1-11(15(23)24)20-6-3-7-21(9-8-20)14(22)12-4-2-5-13(10-12)16(17,18)19/h2,4-5,10-11H,3,6-9H2,1H3,(H,23,24). The van der Waals surface area contributed by atoms with Crippen LogP contribution in [0, 0.1) is 0 Å². The molecule has 1 saturated heterocycles. The number of alkyl halides is 3. The molecule has 1 heterocycles. The SMILES string of the molecule is CC(C(=O)O)N1CCCN(C(=O)c2cccc(C(F)(F)F)c2)CC1. The first kappa shape index (κ1) is 18.3. The molecule has 1 aliphatic rings. The zero-order chi connectivity index (χ0) is 17.9. The van der Waals surface area contributed by atoms with Gasteiger partial charge in [0.1, 0.15) is 6.04 Å². The summed E-state index contributed by atoms with van der Waals surface area (Å²) in [5.41, 5.74) is -0.867. The predicted octanol–water partition coefficient (Wildman–Crippen LogP) is 2.33. The Balaban J connectivity index is 2.09. The maximum absolute atomic E-state index is 12.8. The van der Waals surface area contributed by atoms with Gasteiger partial charge in [-0.25, -0.2) is 0 Å². The molecule has 1 aromatic carbocycles. The number of halogens is 3. The number of carbonyl (C=O) groups is 2. The molecule has 132 valence electrons. The van der Waals surface area contributed by atoms with E-state index in [4.69, 9.17) is 5.11 Å². The molecule has 24 heavy (non-hydrogen) atoms. The Hall–Kier alpha value is -2.09. The molecule has 1 aliphatic heterocycles. The Kier molecular flexibility index (Phi) is 5.48. The van der Waals surface area contributed by atoms with E-state index in [2.05, 4.69) is 0 Å². The molecular weight excluding hydrogens is 325 g/mol. The maximum Gasteiger partial charge on any atom is 0.416 e. The molecule has 1 amide bonds. The van der Waals surface area contributed by atoms with Crippen LogP contribution in [0.2, 0.25) is 0 Å². The van der Waals surface area contributed by atoms with E-state index in [0.29, 0.717) is 26.1 Å². The zero-order valence-electron chi connectivity index (χ0n) is 13.2.